The van der Waals surface area contributed by atoms with Crippen LogP contribution < -0.4 is 5.46 Å². The second-order valence-corrected chi connectivity index (χ2v) is 8.28. The van der Waals surface area contributed by atoms with Crippen LogP contribution in [-0.4, -0.2) is 18.3 Å². The van der Waals surface area contributed by atoms with Crippen molar-refractivity contribution in [3.05, 3.63) is 28.8 Å². The van der Waals surface area contributed by atoms with Gasteiger partial charge in [-0.3, -0.25) is 0 Å². The summed E-state index contributed by atoms with van der Waals surface area (Å²) in [5.41, 5.74) is 5.31. The molecule has 1 aliphatic heterocycles. The molecular formula is C18H27BO2. The minimum atomic E-state index is -0.275. The molecule has 1 heterocycles. The van der Waals surface area contributed by atoms with E-state index < -0.39 is 0 Å². The lowest BCUT2D eigenvalue weighted by Gasteiger charge is -2.32. The largest absolute Gasteiger partial charge is 0.495 e. The number of rotatable bonds is 1. The van der Waals surface area contributed by atoms with Crippen molar-refractivity contribution in [3.8, 4) is 0 Å². The molecule has 114 valence electrons. The highest BCUT2D eigenvalue weighted by Crippen LogP contribution is 2.41. The van der Waals surface area contributed by atoms with E-state index in [9.17, 15) is 0 Å². The Labute approximate surface area is 129 Å². The summed E-state index contributed by atoms with van der Waals surface area (Å²) in [6.07, 6.45) is 2.40. The normalized spacial score (nSPS) is 25.2. The minimum absolute atomic E-state index is 0.246. The molecule has 21 heavy (non-hydrogen) atoms. The molecule has 0 N–H and O–H groups in total. The molecule has 3 rings (SSSR count). The van der Waals surface area contributed by atoms with Crippen LogP contribution >= 0.6 is 0 Å². The van der Waals surface area contributed by atoms with Crippen LogP contribution in [0.4, 0.5) is 0 Å². The van der Waals surface area contributed by atoms with Gasteiger partial charge in [-0.15, -0.1) is 0 Å². The van der Waals surface area contributed by atoms with Crippen LogP contribution in [0.1, 0.15) is 64.7 Å². The van der Waals surface area contributed by atoms with Crippen LogP contribution in [0.15, 0.2) is 12.1 Å². The fraction of sp³-hybridized carbons (Fsp3) is 0.667. The standard InChI is InChI=1S/C18H27BO2/c1-12-13-10-11-16(2,3)14(13)8-9-15(12)19-20-17(4,5)18(6,7)21-19/h8-9H,10-11H2,1-7H3. The van der Waals surface area contributed by atoms with Gasteiger partial charge >= 0.3 is 7.12 Å². The first-order valence-corrected chi connectivity index (χ1v) is 8.04. The van der Waals surface area contributed by atoms with Crippen molar-refractivity contribution in [1.82, 2.24) is 0 Å². The monoisotopic (exact) mass is 286 g/mol. The maximum Gasteiger partial charge on any atom is 0.495 e. The molecule has 1 fully saturated rings. The number of fused-ring (bicyclic) bond motifs is 1. The quantitative estimate of drug-likeness (QED) is 0.735. The van der Waals surface area contributed by atoms with E-state index in [1.165, 1.54) is 35.0 Å². The fourth-order valence-corrected chi connectivity index (χ4v) is 3.53. The summed E-state index contributed by atoms with van der Waals surface area (Å²) in [7, 11) is -0.246. The Morgan fingerprint density at radius 1 is 0.952 bits per heavy atom. The van der Waals surface area contributed by atoms with Gasteiger partial charge in [0.05, 0.1) is 11.2 Å². The molecule has 1 aromatic rings. The maximum absolute atomic E-state index is 6.22. The Morgan fingerprint density at radius 3 is 2.10 bits per heavy atom. The molecule has 0 bridgehead atoms. The molecule has 0 radical (unpaired) electrons. The second-order valence-electron chi connectivity index (χ2n) is 8.28. The SMILES string of the molecule is Cc1c(B2OC(C)(C)C(C)(C)O2)ccc2c1CCC2(C)C. The zero-order chi connectivity index (χ0) is 15.6. The second kappa shape index (κ2) is 4.36. The lowest BCUT2D eigenvalue weighted by atomic mass is 9.73. The Hall–Kier alpha value is -0.795. The predicted octanol–water partition coefficient (Wildman–Crippen LogP) is 3.52. The van der Waals surface area contributed by atoms with E-state index in [-0.39, 0.29) is 18.3 Å². The van der Waals surface area contributed by atoms with Crippen LogP contribution in [0, 0.1) is 6.92 Å². The zero-order valence-corrected chi connectivity index (χ0v) is 14.5. The third kappa shape index (κ3) is 2.17. The van der Waals surface area contributed by atoms with Crippen LogP contribution in [-0.2, 0) is 21.1 Å². The van der Waals surface area contributed by atoms with E-state index in [1.54, 1.807) is 0 Å². The molecule has 0 atom stereocenters. The third-order valence-electron chi connectivity index (χ3n) is 5.88. The van der Waals surface area contributed by atoms with Gasteiger partial charge in [0.1, 0.15) is 0 Å². The van der Waals surface area contributed by atoms with Crippen LogP contribution in [0.2, 0.25) is 0 Å². The summed E-state index contributed by atoms with van der Waals surface area (Å²) in [4.78, 5) is 0. The minimum Gasteiger partial charge on any atom is -0.399 e. The van der Waals surface area contributed by atoms with Crippen molar-refractivity contribution in [2.75, 3.05) is 0 Å². The van der Waals surface area contributed by atoms with Crippen molar-refractivity contribution < 1.29 is 9.31 Å². The van der Waals surface area contributed by atoms with Gasteiger partial charge in [0.25, 0.3) is 0 Å². The van der Waals surface area contributed by atoms with E-state index >= 15 is 0 Å². The highest BCUT2D eigenvalue weighted by molar-refractivity contribution is 6.62. The van der Waals surface area contributed by atoms with Gasteiger partial charge in [0.2, 0.25) is 0 Å². The summed E-state index contributed by atoms with van der Waals surface area (Å²) in [6, 6.07) is 4.50. The van der Waals surface area contributed by atoms with Crippen LogP contribution in [0.25, 0.3) is 0 Å². The summed E-state index contributed by atoms with van der Waals surface area (Å²) >= 11 is 0. The molecule has 2 aliphatic rings. The number of benzene rings is 1. The van der Waals surface area contributed by atoms with Gasteiger partial charge < -0.3 is 9.31 Å². The van der Waals surface area contributed by atoms with E-state index in [0.29, 0.717) is 5.41 Å². The van der Waals surface area contributed by atoms with Gasteiger partial charge in [-0.05, 0) is 75.0 Å². The van der Waals surface area contributed by atoms with Gasteiger partial charge in [0.15, 0.2) is 0 Å². The molecule has 0 amide bonds. The summed E-state index contributed by atoms with van der Waals surface area (Å²) in [5.74, 6) is 0. The first kappa shape index (κ1) is 15.1. The Morgan fingerprint density at radius 2 is 1.52 bits per heavy atom. The molecule has 1 saturated heterocycles. The Bertz CT molecular complexity index is 571. The average molecular weight is 286 g/mol. The molecule has 1 aromatic carbocycles. The highest BCUT2D eigenvalue weighted by Gasteiger charge is 2.52. The van der Waals surface area contributed by atoms with Gasteiger partial charge in [0, 0.05) is 0 Å². The van der Waals surface area contributed by atoms with E-state index in [2.05, 4.69) is 60.6 Å². The lowest BCUT2D eigenvalue weighted by Crippen LogP contribution is -2.41. The molecule has 0 spiro atoms. The van der Waals surface area contributed by atoms with E-state index in [4.69, 9.17) is 9.31 Å². The third-order valence-corrected chi connectivity index (χ3v) is 5.88. The van der Waals surface area contributed by atoms with E-state index in [0.717, 1.165) is 0 Å². The van der Waals surface area contributed by atoms with Crippen molar-refractivity contribution >= 4 is 12.6 Å². The Balaban J connectivity index is 2.00. The van der Waals surface area contributed by atoms with Crippen molar-refractivity contribution in [2.24, 2.45) is 0 Å². The smallest absolute Gasteiger partial charge is 0.399 e. The molecule has 2 nitrogen and oxygen atoms in total. The lowest BCUT2D eigenvalue weighted by molar-refractivity contribution is 0.00578. The van der Waals surface area contributed by atoms with Crippen molar-refractivity contribution in [1.29, 1.82) is 0 Å². The zero-order valence-electron chi connectivity index (χ0n) is 14.5. The Kier molecular flexibility index (Phi) is 3.14. The van der Waals surface area contributed by atoms with Crippen LogP contribution in [0.3, 0.4) is 0 Å². The highest BCUT2D eigenvalue weighted by atomic mass is 16.7. The predicted molar refractivity (Wildman–Crippen MR) is 88.2 cm³/mol. The summed E-state index contributed by atoms with van der Waals surface area (Å²) < 4.78 is 12.4. The number of hydrogen-bond acceptors (Lipinski definition) is 2. The summed E-state index contributed by atoms with van der Waals surface area (Å²) in [5, 5.41) is 0. The average Bonchev–Trinajstić information content (AvgIpc) is 2.75. The van der Waals surface area contributed by atoms with E-state index in [1.807, 2.05) is 0 Å². The van der Waals surface area contributed by atoms with Crippen LogP contribution in [0.5, 0.6) is 0 Å². The molecule has 1 aliphatic carbocycles. The van der Waals surface area contributed by atoms with Crippen molar-refractivity contribution in [3.63, 3.8) is 0 Å². The maximum atomic E-state index is 6.22. The van der Waals surface area contributed by atoms with Gasteiger partial charge in [-0.25, -0.2) is 0 Å². The van der Waals surface area contributed by atoms with Gasteiger partial charge in [-0.2, -0.15) is 0 Å². The first-order chi connectivity index (χ1) is 9.55. The van der Waals surface area contributed by atoms with Crippen molar-refractivity contribution in [2.45, 2.75) is 77.9 Å². The fourth-order valence-electron chi connectivity index (χ4n) is 3.53. The first-order valence-electron chi connectivity index (χ1n) is 8.04. The molecule has 0 aromatic heterocycles. The molecular weight excluding hydrogens is 259 g/mol. The van der Waals surface area contributed by atoms with Gasteiger partial charge in [-0.1, -0.05) is 26.0 Å². The molecule has 0 unspecified atom stereocenters. The molecule has 3 heteroatoms. The topological polar surface area (TPSA) is 18.5 Å². The summed E-state index contributed by atoms with van der Waals surface area (Å²) in [6.45, 7) is 15.3. The number of hydrogen-bond donors (Lipinski definition) is 0. The molecule has 0 saturated carbocycles.